The van der Waals surface area contributed by atoms with Gasteiger partial charge in [0.1, 0.15) is 0 Å². The second-order valence-corrected chi connectivity index (χ2v) is 2.54. The molecule has 0 aliphatic carbocycles. The van der Waals surface area contributed by atoms with Crippen LogP contribution in [0.15, 0.2) is 18.2 Å². The minimum absolute atomic E-state index is 0.200. The standard InChI is InChI=1S/C9H8N2O2/c1-6(12)8-4-7(5-10)2-3-9(8)11-13/h2-4,11,13H,1H3. The molecule has 4 nitrogen and oxygen atoms in total. The molecule has 13 heavy (non-hydrogen) atoms. The Morgan fingerprint density at radius 2 is 2.31 bits per heavy atom. The van der Waals surface area contributed by atoms with Crippen molar-refractivity contribution in [2.75, 3.05) is 5.48 Å². The first-order valence-electron chi connectivity index (χ1n) is 3.64. The molecule has 0 saturated heterocycles. The second kappa shape index (κ2) is 3.70. The maximum Gasteiger partial charge on any atom is 0.162 e. The largest absolute Gasteiger partial charge is 0.294 e. The van der Waals surface area contributed by atoms with Crippen LogP contribution in [0.5, 0.6) is 0 Å². The first-order chi connectivity index (χ1) is 6.19. The first kappa shape index (κ1) is 9.23. The van der Waals surface area contributed by atoms with Gasteiger partial charge in [0.05, 0.1) is 17.3 Å². The molecule has 0 unspecified atom stereocenters. The summed E-state index contributed by atoms with van der Waals surface area (Å²) in [6.45, 7) is 1.37. The molecule has 0 aromatic heterocycles. The lowest BCUT2D eigenvalue weighted by molar-refractivity contribution is 0.101. The fraction of sp³-hybridized carbons (Fsp3) is 0.111. The minimum atomic E-state index is -0.200. The van der Waals surface area contributed by atoms with Crippen LogP contribution >= 0.6 is 0 Å². The topological polar surface area (TPSA) is 73.1 Å². The lowest BCUT2D eigenvalue weighted by Crippen LogP contribution is -2.00. The van der Waals surface area contributed by atoms with E-state index in [2.05, 4.69) is 0 Å². The van der Waals surface area contributed by atoms with Gasteiger partial charge in [-0.15, -0.1) is 0 Å². The van der Waals surface area contributed by atoms with E-state index < -0.39 is 0 Å². The number of hydrogen-bond acceptors (Lipinski definition) is 4. The second-order valence-electron chi connectivity index (χ2n) is 2.54. The van der Waals surface area contributed by atoms with Gasteiger partial charge in [0.2, 0.25) is 0 Å². The highest BCUT2D eigenvalue weighted by molar-refractivity contribution is 5.99. The predicted octanol–water partition coefficient (Wildman–Crippen LogP) is 1.56. The number of nitrogens with zero attached hydrogens (tertiary/aromatic N) is 1. The Labute approximate surface area is 75.4 Å². The van der Waals surface area contributed by atoms with Crippen molar-refractivity contribution in [1.29, 1.82) is 5.26 Å². The third-order valence-electron chi connectivity index (χ3n) is 1.65. The summed E-state index contributed by atoms with van der Waals surface area (Å²) in [5, 5.41) is 17.2. The Balaban J connectivity index is 3.28. The summed E-state index contributed by atoms with van der Waals surface area (Å²) in [6, 6.07) is 6.34. The van der Waals surface area contributed by atoms with Crippen molar-refractivity contribution in [3.05, 3.63) is 29.3 Å². The van der Waals surface area contributed by atoms with Gasteiger partial charge >= 0.3 is 0 Å². The first-order valence-corrected chi connectivity index (χ1v) is 3.64. The highest BCUT2D eigenvalue weighted by Gasteiger charge is 2.07. The number of nitrogens with one attached hydrogen (secondary N) is 1. The summed E-state index contributed by atoms with van der Waals surface area (Å²) in [5.74, 6) is -0.200. The number of Topliss-reactive ketones (excluding diaryl/α,β-unsaturated/α-hetero) is 1. The molecule has 1 aromatic carbocycles. The van der Waals surface area contributed by atoms with Crippen LogP contribution in [-0.4, -0.2) is 11.0 Å². The molecule has 1 rings (SSSR count). The van der Waals surface area contributed by atoms with E-state index in [4.69, 9.17) is 10.5 Å². The summed E-state index contributed by atoms with van der Waals surface area (Å²) in [6.07, 6.45) is 0. The maximum atomic E-state index is 11.0. The van der Waals surface area contributed by atoms with Crippen LogP contribution in [0.25, 0.3) is 0 Å². The molecular formula is C9H8N2O2. The fourth-order valence-electron chi connectivity index (χ4n) is 1.00. The number of nitriles is 1. The summed E-state index contributed by atoms with van der Waals surface area (Å²) < 4.78 is 0. The van der Waals surface area contributed by atoms with Crippen molar-refractivity contribution >= 4 is 11.5 Å². The lowest BCUT2D eigenvalue weighted by Gasteiger charge is -2.04. The van der Waals surface area contributed by atoms with Gasteiger partial charge in [-0.2, -0.15) is 5.26 Å². The van der Waals surface area contributed by atoms with Crippen LogP contribution in [0.2, 0.25) is 0 Å². The third kappa shape index (κ3) is 1.83. The Morgan fingerprint density at radius 3 is 2.77 bits per heavy atom. The van der Waals surface area contributed by atoms with Gasteiger partial charge in [-0.05, 0) is 25.1 Å². The van der Waals surface area contributed by atoms with Crippen molar-refractivity contribution in [2.24, 2.45) is 0 Å². The number of carbonyl (C=O) groups excluding carboxylic acids is 1. The molecule has 0 aliphatic rings. The van der Waals surface area contributed by atoms with E-state index in [0.717, 1.165) is 0 Å². The highest BCUT2D eigenvalue weighted by Crippen LogP contribution is 2.16. The Hall–Kier alpha value is -1.86. The molecular weight excluding hydrogens is 168 g/mol. The van der Waals surface area contributed by atoms with Crippen LogP contribution in [0, 0.1) is 11.3 Å². The van der Waals surface area contributed by atoms with Crippen LogP contribution in [0.1, 0.15) is 22.8 Å². The minimum Gasteiger partial charge on any atom is -0.294 e. The van der Waals surface area contributed by atoms with Crippen molar-refractivity contribution < 1.29 is 10.0 Å². The van der Waals surface area contributed by atoms with E-state index in [1.807, 2.05) is 11.5 Å². The summed E-state index contributed by atoms with van der Waals surface area (Å²) in [7, 11) is 0. The third-order valence-corrected chi connectivity index (χ3v) is 1.65. The monoisotopic (exact) mass is 176 g/mol. The fourth-order valence-corrected chi connectivity index (χ4v) is 1.00. The number of ketones is 1. The summed E-state index contributed by atoms with van der Waals surface area (Å²) in [4.78, 5) is 11.0. The van der Waals surface area contributed by atoms with Gasteiger partial charge in [-0.3, -0.25) is 15.5 Å². The number of hydrogen-bond donors (Lipinski definition) is 2. The van der Waals surface area contributed by atoms with Gasteiger partial charge < -0.3 is 0 Å². The molecule has 0 amide bonds. The van der Waals surface area contributed by atoms with Gasteiger partial charge in [0.15, 0.2) is 5.78 Å². The van der Waals surface area contributed by atoms with Crippen molar-refractivity contribution in [3.63, 3.8) is 0 Å². The van der Waals surface area contributed by atoms with Gasteiger partial charge in [0, 0.05) is 5.56 Å². The molecule has 0 spiro atoms. The van der Waals surface area contributed by atoms with Gasteiger partial charge in [-0.25, -0.2) is 0 Å². The molecule has 0 aliphatic heterocycles. The maximum absolute atomic E-state index is 11.0. The molecule has 0 fully saturated rings. The molecule has 2 N–H and O–H groups in total. The SMILES string of the molecule is CC(=O)c1cc(C#N)ccc1NO. The number of rotatable bonds is 2. The molecule has 1 aromatic rings. The number of benzene rings is 1. The van der Waals surface area contributed by atoms with E-state index in [1.54, 1.807) is 0 Å². The van der Waals surface area contributed by atoms with Crippen molar-refractivity contribution in [3.8, 4) is 6.07 Å². The molecule has 4 heteroatoms. The van der Waals surface area contributed by atoms with E-state index in [0.29, 0.717) is 16.8 Å². The van der Waals surface area contributed by atoms with Crippen LogP contribution < -0.4 is 5.48 Å². The smallest absolute Gasteiger partial charge is 0.162 e. The molecule has 0 atom stereocenters. The average Bonchev–Trinajstić information content (AvgIpc) is 2.16. The van der Waals surface area contributed by atoms with Crippen LogP contribution in [-0.2, 0) is 0 Å². The van der Waals surface area contributed by atoms with E-state index >= 15 is 0 Å². The quantitative estimate of drug-likeness (QED) is 0.529. The molecule has 66 valence electrons. The Kier molecular flexibility index (Phi) is 2.62. The number of anilines is 1. The summed E-state index contributed by atoms with van der Waals surface area (Å²) >= 11 is 0. The zero-order valence-electron chi connectivity index (χ0n) is 7.03. The Bertz CT molecular complexity index is 380. The van der Waals surface area contributed by atoms with Crippen molar-refractivity contribution in [1.82, 2.24) is 0 Å². The molecule has 0 heterocycles. The normalized spacial score (nSPS) is 9.00. The highest BCUT2D eigenvalue weighted by atomic mass is 16.5. The van der Waals surface area contributed by atoms with E-state index in [1.165, 1.54) is 25.1 Å². The average molecular weight is 176 g/mol. The van der Waals surface area contributed by atoms with Gasteiger partial charge in [0.25, 0.3) is 0 Å². The molecule has 0 bridgehead atoms. The molecule has 0 saturated carbocycles. The number of carbonyl (C=O) groups is 1. The van der Waals surface area contributed by atoms with Crippen LogP contribution in [0.3, 0.4) is 0 Å². The van der Waals surface area contributed by atoms with Crippen molar-refractivity contribution in [2.45, 2.75) is 6.92 Å². The summed E-state index contributed by atoms with van der Waals surface area (Å²) in [5.41, 5.74) is 2.91. The predicted molar refractivity (Wildman–Crippen MR) is 46.6 cm³/mol. The van der Waals surface area contributed by atoms with Gasteiger partial charge in [-0.1, -0.05) is 0 Å². The molecule has 0 radical (unpaired) electrons. The van der Waals surface area contributed by atoms with E-state index in [-0.39, 0.29) is 5.78 Å². The lowest BCUT2D eigenvalue weighted by atomic mass is 10.1. The zero-order chi connectivity index (χ0) is 9.84. The Morgan fingerprint density at radius 1 is 1.62 bits per heavy atom. The zero-order valence-corrected chi connectivity index (χ0v) is 7.03. The van der Waals surface area contributed by atoms with E-state index in [9.17, 15) is 4.79 Å². The van der Waals surface area contributed by atoms with Crippen LogP contribution in [0.4, 0.5) is 5.69 Å².